The summed E-state index contributed by atoms with van der Waals surface area (Å²) in [6.07, 6.45) is 1.18. The summed E-state index contributed by atoms with van der Waals surface area (Å²) < 4.78 is 21.7. The number of nitrogens with one attached hydrogen (secondary N) is 1. The fraction of sp³-hybridized carbons (Fsp3) is 0.889. The second-order valence-electron chi connectivity index (χ2n) is 3.95. The van der Waals surface area contributed by atoms with Gasteiger partial charge in [0.1, 0.15) is 9.84 Å². The second kappa shape index (κ2) is 6.82. The summed E-state index contributed by atoms with van der Waals surface area (Å²) in [5.41, 5.74) is 5.50. The molecule has 6 nitrogen and oxygen atoms in total. The van der Waals surface area contributed by atoms with Gasteiger partial charge in [0.15, 0.2) is 0 Å². The lowest BCUT2D eigenvalue weighted by Crippen LogP contribution is -2.42. The van der Waals surface area contributed by atoms with Gasteiger partial charge < -0.3 is 16.2 Å². The first kappa shape index (κ1) is 15.3. The number of hydrogen-bond acceptors (Lipinski definition) is 5. The van der Waals surface area contributed by atoms with Crippen LogP contribution in [0.2, 0.25) is 0 Å². The summed E-state index contributed by atoms with van der Waals surface area (Å²) in [7, 11) is -3.09. The number of amides is 1. The fourth-order valence-electron chi connectivity index (χ4n) is 1.01. The number of hydrogen-bond donors (Lipinski definition) is 3. The van der Waals surface area contributed by atoms with E-state index in [1.807, 2.05) is 0 Å². The Balaban J connectivity index is 3.82. The molecule has 0 aliphatic carbocycles. The normalized spacial score (nSPS) is 15.5. The summed E-state index contributed by atoms with van der Waals surface area (Å²) in [6, 6.07) is -0.816. The highest BCUT2D eigenvalue weighted by Gasteiger charge is 2.15. The van der Waals surface area contributed by atoms with Crippen LogP contribution in [0.3, 0.4) is 0 Å². The van der Waals surface area contributed by atoms with Gasteiger partial charge >= 0.3 is 0 Å². The Morgan fingerprint density at radius 2 is 2.00 bits per heavy atom. The molecular formula is C9H20N2O4S. The van der Waals surface area contributed by atoms with Gasteiger partial charge in [-0.2, -0.15) is 0 Å². The van der Waals surface area contributed by atoms with E-state index in [0.29, 0.717) is 13.0 Å². The molecule has 16 heavy (non-hydrogen) atoms. The van der Waals surface area contributed by atoms with Gasteiger partial charge in [-0.05, 0) is 19.8 Å². The lowest BCUT2D eigenvalue weighted by molar-refractivity contribution is -0.122. The van der Waals surface area contributed by atoms with Gasteiger partial charge in [0.25, 0.3) is 0 Å². The highest BCUT2D eigenvalue weighted by atomic mass is 32.2. The van der Waals surface area contributed by atoms with E-state index in [2.05, 4.69) is 5.32 Å². The SMILES string of the molecule is CC(O)CCNC(=O)C(N)CCS(C)(=O)=O. The Labute approximate surface area is 96.1 Å². The van der Waals surface area contributed by atoms with E-state index in [1.165, 1.54) is 0 Å². The average molecular weight is 252 g/mol. The molecule has 0 bridgehead atoms. The van der Waals surface area contributed by atoms with Gasteiger partial charge in [-0.3, -0.25) is 4.79 Å². The number of rotatable bonds is 7. The zero-order valence-electron chi connectivity index (χ0n) is 9.64. The van der Waals surface area contributed by atoms with Crippen molar-refractivity contribution in [2.75, 3.05) is 18.6 Å². The Kier molecular flexibility index (Phi) is 6.54. The van der Waals surface area contributed by atoms with E-state index in [-0.39, 0.29) is 18.1 Å². The van der Waals surface area contributed by atoms with Crippen molar-refractivity contribution in [3.63, 3.8) is 0 Å². The van der Waals surface area contributed by atoms with Crippen LogP contribution in [0, 0.1) is 0 Å². The zero-order chi connectivity index (χ0) is 12.8. The number of carbonyl (C=O) groups excluding carboxylic acids is 1. The lowest BCUT2D eigenvalue weighted by Gasteiger charge is -2.12. The molecule has 0 saturated carbocycles. The number of nitrogens with two attached hydrogens (primary N) is 1. The van der Waals surface area contributed by atoms with Crippen molar-refractivity contribution in [2.24, 2.45) is 5.73 Å². The molecular weight excluding hydrogens is 232 g/mol. The molecule has 0 aliphatic heterocycles. The molecule has 0 aromatic heterocycles. The number of aliphatic hydroxyl groups is 1. The Morgan fingerprint density at radius 1 is 1.44 bits per heavy atom. The maximum Gasteiger partial charge on any atom is 0.236 e. The predicted octanol–water partition coefficient (Wildman–Crippen LogP) is -1.36. The number of sulfone groups is 1. The van der Waals surface area contributed by atoms with E-state index in [4.69, 9.17) is 10.8 Å². The number of carbonyl (C=O) groups is 1. The van der Waals surface area contributed by atoms with Gasteiger partial charge in [0.2, 0.25) is 5.91 Å². The third kappa shape index (κ3) is 8.63. The summed E-state index contributed by atoms with van der Waals surface area (Å²) in [5, 5.41) is 11.5. The third-order valence-electron chi connectivity index (χ3n) is 2.00. The van der Waals surface area contributed by atoms with Crippen molar-refractivity contribution in [2.45, 2.75) is 31.9 Å². The highest BCUT2D eigenvalue weighted by Crippen LogP contribution is 1.94. The van der Waals surface area contributed by atoms with Crippen LogP contribution in [0.25, 0.3) is 0 Å². The first-order valence-electron chi connectivity index (χ1n) is 5.11. The largest absolute Gasteiger partial charge is 0.393 e. The van der Waals surface area contributed by atoms with Crippen molar-refractivity contribution in [3.8, 4) is 0 Å². The topological polar surface area (TPSA) is 109 Å². The molecule has 0 heterocycles. The molecule has 0 rings (SSSR count). The van der Waals surface area contributed by atoms with Crippen LogP contribution < -0.4 is 11.1 Å². The highest BCUT2D eigenvalue weighted by molar-refractivity contribution is 7.90. The van der Waals surface area contributed by atoms with Crippen molar-refractivity contribution < 1.29 is 18.3 Å². The maximum absolute atomic E-state index is 11.3. The Morgan fingerprint density at radius 3 is 2.44 bits per heavy atom. The Bertz CT molecular complexity index is 313. The van der Waals surface area contributed by atoms with Crippen LogP contribution in [-0.4, -0.2) is 50.1 Å². The van der Waals surface area contributed by atoms with E-state index in [9.17, 15) is 13.2 Å². The minimum Gasteiger partial charge on any atom is -0.393 e. The van der Waals surface area contributed by atoms with Gasteiger partial charge in [-0.1, -0.05) is 0 Å². The smallest absolute Gasteiger partial charge is 0.236 e. The zero-order valence-corrected chi connectivity index (χ0v) is 10.5. The van der Waals surface area contributed by atoms with Crippen LogP contribution in [0.4, 0.5) is 0 Å². The molecule has 0 aromatic rings. The van der Waals surface area contributed by atoms with E-state index in [0.717, 1.165) is 6.26 Å². The van der Waals surface area contributed by atoms with Crippen molar-refractivity contribution in [1.29, 1.82) is 0 Å². The molecule has 96 valence electrons. The summed E-state index contributed by atoms with van der Waals surface area (Å²) in [6.45, 7) is 1.96. The van der Waals surface area contributed by atoms with Gasteiger partial charge in [-0.15, -0.1) is 0 Å². The third-order valence-corrected chi connectivity index (χ3v) is 2.98. The molecule has 2 atom stereocenters. The summed E-state index contributed by atoms with van der Waals surface area (Å²) in [4.78, 5) is 11.3. The van der Waals surface area contributed by atoms with Gasteiger partial charge in [-0.25, -0.2) is 8.42 Å². The monoisotopic (exact) mass is 252 g/mol. The van der Waals surface area contributed by atoms with E-state index >= 15 is 0 Å². The molecule has 1 amide bonds. The van der Waals surface area contributed by atoms with Crippen LogP contribution in [0.5, 0.6) is 0 Å². The van der Waals surface area contributed by atoms with Crippen LogP contribution in [-0.2, 0) is 14.6 Å². The molecule has 0 spiro atoms. The minimum absolute atomic E-state index is 0.0992. The molecule has 0 aromatic carbocycles. The lowest BCUT2D eigenvalue weighted by atomic mass is 10.2. The second-order valence-corrected chi connectivity index (χ2v) is 6.21. The van der Waals surface area contributed by atoms with E-state index in [1.54, 1.807) is 6.92 Å². The summed E-state index contributed by atoms with van der Waals surface area (Å²) >= 11 is 0. The quantitative estimate of drug-likeness (QED) is 0.518. The van der Waals surface area contributed by atoms with Crippen LogP contribution in [0.1, 0.15) is 19.8 Å². The van der Waals surface area contributed by atoms with Crippen molar-refractivity contribution in [3.05, 3.63) is 0 Å². The first-order valence-corrected chi connectivity index (χ1v) is 7.17. The molecule has 0 saturated heterocycles. The average Bonchev–Trinajstić information content (AvgIpc) is 2.12. The molecule has 0 fully saturated rings. The molecule has 0 aliphatic rings. The van der Waals surface area contributed by atoms with E-state index < -0.39 is 22.0 Å². The van der Waals surface area contributed by atoms with Crippen LogP contribution >= 0.6 is 0 Å². The number of aliphatic hydroxyl groups excluding tert-OH is 1. The summed E-state index contributed by atoms with van der Waals surface area (Å²) in [5.74, 6) is -0.484. The minimum atomic E-state index is -3.09. The standard InChI is InChI=1S/C9H20N2O4S/c1-7(12)3-5-11-9(13)8(10)4-6-16(2,14)15/h7-8,12H,3-6,10H2,1-2H3,(H,11,13). The predicted molar refractivity (Wildman–Crippen MR) is 61.6 cm³/mol. The molecule has 4 N–H and O–H groups in total. The van der Waals surface area contributed by atoms with Crippen molar-refractivity contribution >= 4 is 15.7 Å². The van der Waals surface area contributed by atoms with Crippen molar-refractivity contribution in [1.82, 2.24) is 5.32 Å². The van der Waals surface area contributed by atoms with Gasteiger partial charge in [0.05, 0.1) is 17.9 Å². The Hall–Kier alpha value is -0.660. The molecule has 7 heteroatoms. The van der Waals surface area contributed by atoms with Crippen LogP contribution in [0.15, 0.2) is 0 Å². The first-order chi connectivity index (χ1) is 7.22. The molecule has 2 unspecified atom stereocenters. The van der Waals surface area contributed by atoms with Gasteiger partial charge in [0, 0.05) is 12.8 Å². The fourth-order valence-corrected chi connectivity index (χ4v) is 1.69. The maximum atomic E-state index is 11.3. The molecule has 0 radical (unpaired) electrons.